The van der Waals surface area contributed by atoms with Gasteiger partial charge in [-0.1, -0.05) is 39.0 Å². The molecule has 0 atom stereocenters. The summed E-state index contributed by atoms with van der Waals surface area (Å²) in [6.07, 6.45) is 0. The molecule has 1 aromatic carbocycles. The zero-order valence-electron chi connectivity index (χ0n) is 15.4. The molecule has 0 fully saturated rings. The summed E-state index contributed by atoms with van der Waals surface area (Å²) in [7, 11) is 3.45. The first-order chi connectivity index (χ1) is 11.4. The number of methoxy groups -OCH3 is 1. The number of halogens is 1. The Morgan fingerprint density at radius 3 is 2.48 bits per heavy atom. The van der Waals surface area contributed by atoms with Crippen molar-refractivity contribution in [3.8, 4) is 5.75 Å². The standard InChI is InChI=1S/C18H26N4OS.HI/c1-18(2,3)15-12-24-16(22-15)11-21-17(19-4)20-10-13-8-6-7-9-14(13)23-5;/h6-9,12H,10-11H2,1-5H3,(H2,19,20,21);1H. The van der Waals surface area contributed by atoms with E-state index >= 15 is 0 Å². The lowest BCUT2D eigenvalue weighted by Gasteiger charge is -2.14. The number of para-hydroxylation sites is 1. The van der Waals surface area contributed by atoms with Crippen LogP contribution in [0.3, 0.4) is 0 Å². The average Bonchev–Trinajstić information content (AvgIpc) is 3.04. The van der Waals surface area contributed by atoms with Crippen molar-refractivity contribution in [1.29, 1.82) is 0 Å². The van der Waals surface area contributed by atoms with Crippen LogP contribution in [0.1, 0.15) is 37.0 Å². The lowest BCUT2D eigenvalue weighted by Crippen LogP contribution is -2.36. The molecular formula is C18H27IN4OS. The molecule has 0 aliphatic rings. The van der Waals surface area contributed by atoms with Gasteiger partial charge in [-0.25, -0.2) is 4.98 Å². The number of rotatable bonds is 5. The first-order valence-electron chi connectivity index (χ1n) is 7.95. The summed E-state index contributed by atoms with van der Waals surface area (Å²) in [6.45, 7) is 7.83. The van der Waals surface area contributed by atoms with Crippen LogP contribution in [0.15, 0.2) is 34.6 Å². The molecule has 2 aromatic rings. The van der Waals surface area contributed by atoms with Gasteiger partial charge in [-0.05, 0) is 6.07 Å². The molecule has 2 rings (SSSR count). The van der Waals surface area contributed by atoms with Crippen molar-refractivity contribution in [1.82, 2.24) is 15.6 Å². The fourth-order valence-corrected chi connectivity index (χ4v) is 3.10. The molecule has 0 saturated carbocycles. The second-order valence-corrected chi connectivity index (χ2v) is 7.41. The van der Waals surface area contributed by atoms with Gasteiger partial charge in [0.2, 0.25) is 0 Å². The summed E-state index contributed by atoms with van der Waals surface area (Å²) < 4.78 is 5.37. The maximum Gasteiger partial charge on any atom is 0.191 e. The first-order valence-corrected chi connectivity index (χ1v) is 8.83. The highest BCUT2D eigenvalue weighted by Gasteiger charge is 2.17. The Hall–Kier alpha value is -1.35. The van der Waals surface area contributed by atoms with Crippen molar-refractivity contribution < 1.29 is 4.74 Å². The lowest BCUT2D eigenvalue weighted by molar-refractivity contribution is 0.409. The summed E-state index contributed by atoms with van der Waals surface area (Å²) in [6, 6.07) is 7.95. The van der Waals surface area contributed by atoms with Crippen molar-refractivity contribution in [2.24, 2.45) is 4.99 Å². The highest BCUT2D eigenvalue weighted by Crippen LogP contribution is 2.23. The third kappa shape index (κ3) is 6.47. The fourth-order valence-electron chi connectivity index (χ4n) is 2.14. The lowest BCUT2D eigenvalue weighted by atomic mass is 9.93. The Morgan fingerprint density at radius 2 is 1.88 bits per heavy atom. The highest BCUT2D eigenvalue weighted by atomic mass is 127. The largest absolute Gasteiger partial charge is 0.496 e. The molecule has 2 N–H and O–H groups in total. The molecule has 0 unspecified atom stereocenters. The van der Waals surface area contributed by atoms with Gasteiger partial charge in [0.1, 0.15) is 10.8 Å². The summed E-state index contributed by atoms with van der Waals surface area (Å²) in [5.41, 5.74) is 2.30. The number of guanidine groups is 1. The Kier molecular flexibility index (Phi) is 8.64. The van der Waals surface area contributed by atoms with Gasteiger partial charge in [-0.2, -0.15) is 0 Å². The zero-order valence-corrected chi connectivity index (χ0v) is 18.6. The molecule has 1 heterocycles. The van der Waals surface area contributed by atoms with Crippen molar-refractivity contribution in [3.05, 3.63) is 45.9 Å². The smallest absolute Gasteiger partial charge is 0.191 e. The molecular weight excluding hydrogens is 447 g/mol. The molecule has 0 bridgehead atoms. The molecule has 7 heteroatoms. The summed E-state index contributed by atoms with van der Waals surface area (Å²) in [5, 5.41) is 9.79. The number of nitrogens with one attached hydrogen (secondary N) is 2. The van der Waals surface area contributed by atoms with E-state index < -0.39 is 0 Å². The minimum absolute atomic E-state index is 0. The quantitative estimate of drug-likeness (QED) is 0.392. The van der Waals surface area contributed by atoms with Crippen LogP contribution < -0.4 is 15.4 Å². The topological polar surface area (TPSA) is 58.5 Å². The van der Waals surface area contributed by atoms with E-state index in [1.54, 1.807) is 25.5 Å². The molecule has 1 aromatic heterocycles. The van der Waals surface area contributed by atoms with Gasteiger partial charge in [0.05, 0.1) is 19.3 Å². The van der Waals surface area contributed by atoms with Crippen LogP contribution in [0.5, 0.6) is 5.75 Å². The van der Waals surface area contributed by atoms with Gasteiger partial charge in [-0.15, -0.1) is 35.3 Å². The van der Waals surface area contributed by atoms with Crippen molar-refractivity contribution >= 4 is 41.3 Å². The predicted molar refractivity (Wildman–Crippen MR) is 116 cm³/mol. The number of benzene rings is 1. The molecule has 138 valence electrons. The SMILES string of the molecule is CN=C(NCc1nc(C(C)(C)C)cs1)NCc1ccccc1OC.I. The number of aromatic nitrogens is 1. The van der Waals surface area contributed by atoms with Crippen LogP contribution in [0.4, 0.5) is 0 Å². The van der Waals surface area contributed by atoms with Crippen molar-refractivity contribution in [2.75, 3.05) is 14.2 Å². The fraction of sp³-hybridized carbons (Fsp3) is 0.444. The number of hydrogen-bond donors (Lipinski definition) is 2. The summed E-state index contributed by atoms with van der Waals surface area (Å²) in [4.78, 5) is 8.95. The molecule has 0 radical (unpaired) electrons. The van der Waals surface area contributed by atoms with Gasteiger partial charge in [0.15, 0.2) is 5.96 Å². The average molecular weight is 474 g/mol. The van der Waals surface area contributed by atoms with E-state index in [9.17, 15) is 0 Å². The van der Waals surface area contributed by atoms with E-state index in [0.717, 1.165) is 28.0 Å². The third-order valence-corrected chi connectivity index (χ3v) is 4.44. The third-order valence-electron chi connectivity index (χ3n) is 3.59. The van der Waals surface area contributed by atoms with Crippen LogP contribution in [-0.4, -0.2) is 25.1 Å². The van der Waals surface area contributed by atoms with Gasteiger partial charge >= 0.3 is 0 Å². The van der Waals surface area contributed by atoms with E-state index in [0.29, 0.717) is 13.1 Å². The number of hydrogen-bond acceptors (Lipinski definition) is 4. The first kappa shape index (κ1) is 21.7. The molecule has 0 aliphatic heterocycles. The molecule has 0 amide bonds. The maximum atomic E-state index is 5.37. The molecule has 0 aliphatic carbocycles. The minimum Gasteiger partial charge on any atom is -0.496 e. The van der Waals surface area contributed by atoms with Crippen LogP contribution >= 0.6 is 35.3 Å². The Morgan fingerprint density at radius 1 is 1.20 bits per heavy atom. The Bertz CT molecular complexity index is 694. The second kappa shape index (κ2) is 9.96. The monoisotopic (exact) mass is 474 g/mol. The van der Waals surface area contributed by atoms with E-state index in [-0.39, 0.29) is 29.4 Å². The number of aliphatic imine (C=N–C) groups is 1. The highest BCUT2D eigenvalue weighted by molar-refractivity contribution is 14.0. The minimum atomic E-state index is 0. The zero-order chi connectivity index (χ0) is 17.6. The van der Waals surface area contributed by atoms with E-state index in [1.807, 2.05) is 24.3 Å². The maximum absolute atomic E-state index is 5.37. The molecule has 25 heavy (non-hydrogen) atoms. The van der Waals surface area contributed by atoms with Crippen LogP contribution in [0, 0.1) is 0 Å². The Labute approximate surface area is 171 Å². The number of nitrogens with zero attached hydrogens (tertiary/aromatic N) is 2. The van der Waals surface area contributed by atoms with E-state index in [2.05, 4.69) is 46.8 Å². The number of ether oxygens (including phenoxy) is 1. The van der Waals surface area contributed by atoms with E-state index in [4.69, 9.17) is 4.74 Å². The van der Waals surface area contributed by atoms with Gasteiger partial charge < -0.3 is 15.4 Å². The summed E-state index contributed by atoms with van der Waals surface area (Å²) in [5.74, 6) is 1.61. The van der Waals surface area contributed by atoms with Crippen molar-refractivity contribution in [2.45, 2.75) is 39.3 Å². The van der Waals surface area contributed by atoms with E-state index in [1.165, 1.54) is 0 Å². The molecule has 5 nitrogen and oxygen atoms in total. The Balaban J connectivity index is 0.00000312. The number of thiazole rings is 1. The van der Waals surface area contributed by atoms with Crippen LogP contribution in [-0.2, 0) is 18.5 Å². The van der Waals surface area contributed by atoms with Gasteiger partial charge in [0, 0.05) is 30.0 Å². The van der Waals surface area contributed by atoms with Crippen molar-refractivity contribution in [3.63, 3.8) is 0 Å². The van der Waals surface area contributed by atoms with Crippen LogP contribution in [0.25, 0.3) is 0 Å². The van der Waals surface area contributed by atoms with Gasteiger partial charge in [0.25, 0.3) is 0 Å². The molecule has 0 spiro atoms. The van der Waals surface area contributed by atoms with Gasteiger partial charge in [-0.3, -0.25) is 4.99 Å². The summed E-state index contributed by atoms with van der Waals surface area (Å²) >= 11 is 1.67. The van der Waals surface area contributed by atoms with Crippen LogP contribution in [0.2, 0.25) is 0 Å². The predicted octanol–water partition coefficient (Wildman–Crippen LogP) is 3.93. The molecule has 0 saturated heterocycles. The normalized spacial score (nSPS) is 11.6. The second-order valence-electron chi connectivity index (χ2n) is 6.47.